The third-order valence-electron chi connectivity index (χ3n) is 4.32. The molecule has 1 aliphatic rings. The van der Waals surface area contributed by atoms with Crippen molar-refractivity contribution >= 4 is 53.0 Å². The molecule has 1 aliphatic heterocycles. The van der Waals surface area contributed by atoms with Crippen LogP contribution in [0, 0.1) is 12.8 Å². The number of hydrogen-bond acceptors (Lipinski definition) is 4. The van der Waals surface area contributed by atoms with Crippen LogP contribution < -0.4 is 5.32 Å². The number of guanidine groups is 1. The number of rotatable bonds is 6. The van der Waals surface area contributed by atoms with Gasteiger partial charge < -0.3 is 10.2 Å². The molecular formula is C19H27IN4S2. The van der Waals surface area contributed by atoms with Gasteiger partial charge in [0.25, 0.3) is 0 Å². The number of nitrogens with zero attached hydrogens (tertiary/aromatic N) is 3. The Kier molecular flexibility index (Phi) is 9.21. The highest BCUT2D eigenvalue weighted by molar-refractivity contribution is 14.0. The molecule has 1 atom stereocenters. The number of benzene rings is 1. The molecule has 3 rings (SSSR count). The lowest BCUT2D eigenvalue weighted by atomic mass is 10.2. The number of hydrogen-bond donors (Lipinski definition) is 1. The molecule has 1 aromatic carbocycles. The fourth-order valence-corrected chi connectivity index (χ4v) is 4.86. The number of nitrogens with one attached hydrogen (secondary N) is 1. The molecule has 2 aromatic rings. The summed E-state index contributed by atoms with van der Waals surface area (Å²) < 4.78 is 0. The zero-order chi connectivity index (χ0) is 17.5. The third kappa shape index (κ3) is 6.42. The maximum absolute atomic E-state index is 4.47. The molecule has 0 saturated carbocycles. The summed E-state index contributed by atoms with van der Waals surface area (Å²) >= 11 is 3.74. The number of aromatic nitrogens is 1. The quantitative estimate of drug-likeness (QED) is 0.277. The summed E-state index contributed by atoms with van der Waals surface area (Å²) in [6, 6.07) is 10.7. The Hall–Kier alpha value is -0.800. The third-order valence-corrected chi connectivity index (χ3v) is 6.53. The van der Waals surface area contributed by atoms with Gasteiger partial charge in [-0.25, -0.2) is 4.98 Å². The maximum Gasteiger partial charge on any atom is 0.193 e. The zero-order valence-electron chi connectivity index (χ0n) is 15.4. The van der Waals surface area contributed by atoms with Crippen molar-refractivity contribution in [2.24, 2.45) is 10.9 Å². The second-order valence-corrected chi connectivity index (χ2v) is 8.73. The first-order valence-corrected chi connectivity index (χ1v) is 10.6. The van der Waals surface area contributed by atoms with Gasteiger partial charge in [-0.15, -0.1) is 47.1 Å². The Labute approximate surface area is 181 Å². The van der Waals surface area contributed by atoms with Gasteiger partial charge in [-0.2, -0.15) is 0 Å². The van der Waals surface area contributed by atoms with E-state index < -0.39 is 0 Å². The van der Waals surface area contributed by atoms with Crippen molar-refractivity contribution in [1.29, 1.82) is 0 Å². The van der Waals surface area contributed by atoms with Crippen LogP contribution in [0.15, 0.2) is 46.4 Å². The van der Waals surface area contributed by atoms with Crippen molar-refractivity contribution in [2.75, 3.05) is 32.4 Å². The predicted octanol–water partition coefficient (Wildman–Crippen LogP) is 4.30. The largest absolute Gasteiger partial charge is 0.356 e. The number of aryl methyl sites for hydroxylation is 1. The van der Waals surface area contributed by atoms with E-state index in [0.29, 0.717) is 0 Å². The minimum atomic E-state index is 0. The van der Waals surface area contributed by atoms with E-state index in [0.717, 1.165) is 37.9 Å². The summed E-state index contributed by atoms with van der Waals surface area (Å²) in [5, 5.41) is 4.69. The van der Waals surface area contributed by atoms with Crippen molar-refractivity contribution in [3.8, 4) is 0 Å². The van der Waals surface area contributed by atoms with Crippen LogP contribution in [0.4, 0.5) is 0 Å². The van der Waals surface area contributed by atoms with Gasteiger partial charge in [0.05, 0.1) is 5.01 Å². The molecule has 0 amide bonds. The fraction of sp³-hybridized carbons (Fsp3) is 0.474. The first kappa shape index (κ1) is 21.5. The number of aliphatic imine (C=N–C) groups is 1. The molecule has 2 heterocycles. The maximum atomic E-state index is 4.47. The number of thiazole rings is 1. The molecule has 0 bridgehead atoms. The molecule has 1 saturated heterocycles. The lowest BCUT2D eigenvalue weighted by molar-refractivity contribution is 0.475. The Bertz CT molecular complexity index is 690. The Morgan fingerprint density at radius 2 is 2.19 bits per heavy atom. The predicted molar refractivity (Wildman–Crippen MR) is 124 cm³/mol. The molecule has 26 heavy (non-hydrogen) atoms. The Morgan fingerprint density at radius 3 is 2.88 bits per heavy atom. The molecule has 1 unspecified atom stereocenters. The van der Waals surface area contributed by atoms with Gasteiger partial charge in [-0.05, 0) is 31.4 Å². The van der Waals surface area contributed by atoms with Crippen LogP contribution in [0.3, 0.4) is 0 Å². The average Bonchev–Trinajstić information content (AvgIpc) is 3.27. The van der Waals surface area contributed by atoms with Crippen LogP contribution in [0.5, 0.6) is 0 Å². The van der Waals surface area contributed by atoms with E-state index in [4.69, 9.17) is 0 Å². The number of thioether (sulfide) groups is 1. The molecular weight excluding hydrogens is 475 g/mol. The second kappa shape index (κ2) is 11.1. The lowest BCUT2D eigenvalue weighted by Gasteiger charge is -2.21. The monoisotopic (exact) mass is 502 g/mol. The Morgan fingerprint density at radius 1 is 1.38 bits per heavy atom. The highest BCUT2D eigenvalue weighted by Gasteiger charge is 2.24. The fourth-order valence-electron chi connectivity index (χ4n) is 3.02. The van der Waals surface area contributed by atoms with E-state index in [-0.39, 0.29) is 24.0 Å². The van der Waals surface area contributed by atoms with E-state index >= 15 is 0 Å². The van der Waals surface area contributed by atoms with Crippen molar-refractivity contribution in [3.05, 3.63) is 46.4 Å². The molecule has 0 spiro atoms. The summed E-state index contributed by atoms with van der Waals surface area (Å²) in [6.07, 6.45) is 4.15. The highest BCUT2D eigenvalue weighted by atomic mass is 127. The van der Waals surface area contributed by atoms with Crippen molar-refractivity contribution < 1.29 is 0 Å². The van der Waals surface area contributed by atoms with Crippen LogP contribution in [-0.2, 0) is 6.42 Å². The molecule has 1 fully saturated rings. The molecule has 1 aromatic heterocycles. The minimum absolute atomic E-state index is 0. The van der Waals surface area contributed by atoms with E-state index in [1.54, 1.807) is 11.3 Å². The van der Waals surface area contributed by atoms with Crippen molar-refractivity contribution in [1.82, 2.24) is 15.2 Å². The summed E-state index contributed by atoms with van der Waals surface area (Å²) in [7, 11) is 1.88. The van der Waals surface area contributed by atoms with Crippen LogP contribution in [0.2, 0.25) is 0 Å². The molecule has 7 heteroatoms. The average molecular weight is 502 g/mol. The number of likely N-dealkylation sites (tertiary alicyclic amines) is 1. The normalized spacial score (nSPS) is 17.2. The molecule has 4 nitrogen and oxygen atoms in total. The summed E-state index contributed by atoms with van der Waals surface area (Å²) in [5.74, 6) is 2.93. The second-order valence-electron chi connectivity index (χ2n) is 6.31. The molecule has 0 radical (unpaired) electrons. The Balaban J connectivity index is 0.00000243. The van der Waals surface area contributed by atoms with Crippen LogP contribution >= 0.6 is 47.1 Å². The smallest absolute Gasteiger partial charge is 0.193 e. The first-order chi connectivity index (χ1) is 12.2. The van der Waals surface area contributed by atoms with Crippen molar-refractivity contribution in [2.45, 2.75) is 24.7 Å². The summed E-state index contributed by atoms with van der Waals surface area (Å²) in [5.41, 5.74) is 0. The zero-order valence-corrected chi connectivity index (χ0v) is 19.3. The van der Waals surface area contributed by atoms with Crippen LogP contribution in [0.25, 0.3) is 0 Å². The van der Waals surface area contributed by atoms with Gasteiger partial charge >= 0.3 is 0 Å². The van der Waals surface area contributed by atoms with Gasteiger partial charge in [0.15, 0.2) is 5.96 Å². The lowest BCUT2D eigenvalue weighted by Crippen LogP contribution is -2.41. The van der Waals surface area contributed by atoms with E-state index in [1.807, 2.05) is 25.0 Å². The standard InChI is InChI=1S/C19H26N4S2.HI/c1-15-12-22-18(25-15)8-10-21-19(20-2)23-11-9-16(13-23)14-24-17-6-4-3-5-7-17;/h3-7,12,16H,8-11,13-14H2,1-2H3,(H,20,21);1H. The van der Waals surface area contributed by atoms with Crippen LogP contribution in [-0.4, -0.2) is 48.3 Å². The SMILES string of the molecule is CN=C(NCCc1ncc(C)s1)N1CCC(CSc2ccccc2)C1.I. The molecule has 0 aliphatic carbocycles. The topological polar surface area (TPSA) is 40.5 Å². The van der Waals surface area contributed by atoms with Gasteiger partial charge in [-0.3, -0.25) is 4.99 Å². The number of halogens is 1. The van der Waals surface area contributed by atoms with Crippen molar-refractivity contribution in [3.63, 3.8) is 0 Å². The molecule has 142 valence electrons. The van der Waals surface area contributed by atoms with Crippen LogP contribution in [0.1, 0.15) is 16.3 Å². The molecule has 1 N–H and O–H groups in total. The summed E-state index contributed by atoms with van der Waals surface area (Å²) in [4.78, 5) is 13.9. The summed E-state index contributed by atoms with van der Waals surface area (Å²) in [6.45, 7) is 5.18. The van der Waals surface area contributed by atoms with Gasteiger partial charge in [0, 0.05) is 54.8 Å². The van der Waals surface area contributed by atoms with Gasteiger partial charge in [-0.1, -0.05) is 18.2 Å². The van der Waals surface area contributed by atoms with E-state index in [9.17, 15) is 0 Å². The minimum Gasteiger partial charge on any atom is -0.356 e. The van der Waals surface area contributed by atoms with Gasteiger partial charge in [0.2, 0.25) is 0 Å². The van der Waals surface area contributed by atoms with Gasteiger partial charge in [0.1, 0.15) is 0 Å². The highest BCUT2D eigenvalue weighted by Crippen LogP contribution is 2.25. The van der Waals surface area contributed by atoms with E-state index in [1.165, 1.54) is 27.0 Å². The first-order valence-electron chi connectivity index (χ1n) is 8.79. The van der Waals surface area contributed by atoms with E-state index in [2.05, 4.69) is 57.4 Å².